The maximum atomic E-state index is 12.5. The predicted molar refractivity (Wildman–Crippen MR) is 101 cm³/mol. The van der Waals surface area contributed by atoms with Crippen LogP contribution in [-0.2, 0) is 17.7 Å². The third kappa shape index (κ3) is 8.25. The van der Waals surface area contributed by atoms with Crippen LogP contribution in [0.25, 0.3) is 0 Å². The quantitative estimate of drug-likeness (QED) is 0.296. The van der Waals surface area contributed by atoms with Crippen molar-refractivity contribution in [2.45, 2.75) is 47.0 Å². The van der Waals surface area contributed by atoms with E-state index in [1.807, 2.05) is 26.0 Å². The SMILES string of the molecule is CCc1cc(OC/C=C(\F)Cl)cc(CC)c1OCCCON=C(C)C. The first-order chi connectivity index (χ1) is 12.0. The van der Waals surface area contributed by atoms with Crippen LogP contribution in [0.15, 0.2) is 28.7 Å². The molecule has 0 saturated heterocycles. The van der Waals surface area contributed by atoms with E-state index in [-0.39, 0.29) is 6.61 Å². The molecule has 0 fully saturated rings. The third-order valence-electron chi connectivity index (χ3n) is 3.34. The van der Waals surface area contributed by atoms with E-state index in [0.717, 1.165) is 41.9 Å². The fourth-order valence-electron chi connectivity index (χ4n) is 2.19. The van der Waals surface area contributed by atoms with Gasteiger partial charge in [-0.15, -0.1) is 0 Å². The number of benzene rings is 1. The minimum absolute atomic E-state index is 0.0938. The summed E-state index contributed by atoms with van der Waals surface area (Å²) in [5, 5.41) is 3.13. The fraction of sp³-hybridized carbons (Fsp3) is 0.526. The number of rotatable bonds is 11. The molecule has 0 aliphatic rings. The first-order valence-corrected chi connectivity index (χ1v) is 8.91. The zero-order valence-electron chi connectivity index (χ0n) is 15.4. The number of aryl methyl sites for hydroxylation is 2. The molecule has 0 heterocycles. The molecule has 0 unspecified atom stereocenters. The highest BCUT2D eigenvalue weighted by Gasteiger charge is 2.11. The Bertz CT molecular complexity index is 569. The van der Waals surface area contributed by atoms with Gasteiger partial charge in [-0.05, 0) is 49.9 Å². The second kappa shape index (κ2) is 11.7. The average Bonchev–Trinajstić information content (AvgIpc) is 2.57. The molecule has 0 amide bonds. The summed E-state index contributed by atoms with van der Waals surface area (Å²) < 4.78 is 24.1. The van der Waals surface area contributed by atoms with Crippen LogP contribution in [0.1, 0.15) is 45.2 Å². The molecule has 0 saturated carbocycles. The molecule has 1 aromatic carbocycles. The number of ether oxygens (including phenoxy) is 2. The van der Waals surface area contributed by atoms with Crippen molar-refractivity contribution in [3.63, 3.8) is 0 Å². The summed E-state index contributed by atoms with van der Waals surface area (Å²) in [5.41, 5.74) is 3.02. The lowest BCUT2D eigenvalue weighted by molar-refractivity contribution is 0.127. The molecule has 0 N–H and O–H groups in total. The first-order valence-electron chi connectivity index (χ1n) is 8.53. The van der Waals surface area contributed by atoms with Crippen LogP contribution in [0.2, 0.25) is 0 Å². The van der Waals surface area contributed by atoms with Crippen molar-refractivity contribution in [3.8, 4) is 11.5 Å². The Morgan fingerprint density at radius 1 is 1.12 bits per heavy atom. The zero-order valence-corrected chi connectivity index (χ0v) is 16.2. The van der Waals surface area contributed by atoms with Crippen LogP contribution in [-0.4, -0.2) is 25.5 Å². The zero-order chi connectivity index (χ0) is 18.7. The Kier molecular flexibility index (Phi) is 10.0. The lowest BCUT2D eigenvalue weighted by Gasteiger charge is -2.17. The molecule has 1 rings (SSSR count). The predicted octanol–water partition coefficient (Wildman–Crippen LogP) is 5.42. The van der Waals surface area contributed by atoms with E-state index in [1.54, 1.807) is 0 Å². The minimum Gasteiger partial charge on any atom is -0.493 e. The Morgan fingerprint density at radius 2 is 1.76 bits per heavy atom. The number of halogens is 2. The van der Waals surface area contributed by atoms with E-state index < -0.39 is 5.29 Å². The third-order valence-corrected chi connectivity index (χ3v) is 3.49. The van der Waals surface area contributed by atoms with Gasteiger partial charge in [-0.1, -0.05) is 30.6 Å². The van der Waals surface area contributed by atoms with E-state index in [0.29, 0.717) is 19.0 Å². The summed E-state index contributed by atoms with van der Waals surface area (Å²) in [6, 6.07) is 3.85. The van der Waals surface area contributed by atoms with E-state index in [2.05, 4.69) is 19.0 Å². The maximum absolute atomic E-state index is 12.5. The molecule has 0 spiro atoms. The Labute approximate surface area is 154 Å². The summed E-state index contributed by atoms with van der Waals surface area (Å²) in [4.78, 5) is 5.17. The lowest BCUT2D eigenvalue weighted by Crippen LogP contribution is -2.06. The first kappa shape index (κ1) is 21.3. The van der Waals surface area contributed by atoms with Crippen molar-refractivity contribution in [2.24, 2.45) is 5.16 Å². The van der Waals surface area contributed by atoms with Crippen molar-refractivity contribution in [3.05, 3.63) is 34.6 Å². The number of hydrogen-bond acceptors (Lipinski definition) is 4. The van der Waals surface area contributed by atoms with Crippen LogP contribution in [0, 0.1) is 0 Å². The van der Waals surface area contributed by atoms with Crippen molar-refractivity contribution in [2.75, 3.05) is 19.8 Å². The van der Waals surface area contributed by atoms with Gasteiger partial charge in [0.25, 0.3) is 0 Å². The summed E-state index contributed by atoms with van der Waals surface area (Å²) in [6.07, 6.45) is 3.56. The number of hydrogen-bond donors (Lipinski definition) is 0. The maximum Gasteiger partial charge on any atom is 0.188 e. The van der Waals surface area contributed by atoms with Crippen molar-refractivity contribution >= 4 is 17.3 Å². The molecule has 0 radical (unpaired) electrons. The van der Waals surface area contributed by atoms with Crippen LogP contribution in [0.4, 0.5) is 4.39 Å². The monoisotopic (exact) mass is 371 g/mol. The molecule has 1 aromatic rings. The Balaban J connectivity index is 2.71. The van der Waals surface area contributed by atoms with Gasteiger partial charge < -0.3 is 14.3 Å². The van der Waals surface area contributed by atoms with Crippen molar-refractivity contribution < 1.29 is 18.7 Å². The topological polar surface area (TPSA) is 40.0 Å². The second-order valence-corrected chi connectivity index (χ2v) is 6.02. The molecular formula is C19H27ClFNO3. The van der Waals surface area contributed by atoms with Gasteiger partial charge in [0.15, 0.2) is 5.29 Å². The van der Waals surface area contributed by atoms with E-state index in [9.17, 15) is 4.39 Å². The van der Waals surface area contributed by atoms with Crippen LogP contribution >= 0.6 is 11.6 Å². The number of oxime groups is 1. The molecule has 0 aliphatic carbocycles. The summed E-state index contributed by atoms with van der Waals surface area (Å²) in [6.45, 7) is 9.06. The standard InChI is InChI=1S/C19H27ClFNO3/c1-5-15-12-17(23-11-8-18(20)21)13-16(6-2)19(15)24-9-7-10-25-22-14(3)4/h8,12-13H,5-7,9-11H2,1-4H3/b18-8-. The second-order valence-electron chi connectivity index (χ2n) is 5.66. The van der Waals surface area contributed by atoms with Crippen LogP contribution < -0.4 is 9.47 Å². The molecule has 25 heavy (non-hydrogen) atoms. The molecule has 0 atom stereocenters. The van der Waals surface area contributed by atoms with Crippen LogP contribution in [0.3, 0.4) is 0 Å². The summed E-state index contributed by atoms with van der Waals surface area (Å²) in [5.74, 6) is 1.58. The van der Waals surface area contributed by atoms with Gasteiger partial charge in [0, 0.05) is 12.5 Å². The molecule has 0 bridgehead atoms. The van der Waals surface area contributed by atoms with Crippen molar-refractivity contribution in [1.82, 2.24) is 0 Å². The highest BCUT2D eigenvalue weighted by atomic mass is 35.5. The number of nitrogens with zero attached hydrogens (tertiary/aromatic N) is 1. The minimum atomic E-state index is -0.767. The van der Waals surface area contributed by atoms with Gasteiger partial charge in [0.05, 0.1) is 12.3 Å². The molecule has 4 nitrogen and oxygen atoms in total. The van der Waals surface area contributed by atoms with Gasteiger partial charge in [-0.2, -0.15) is 4.39 Å². The largest absolute Gasteiger partial charge is 0.493 e. The van der Waals surface area contributed by atoms with Gasteiger partial charge >= 0.3 is 0 Å². The molecule has 140 valence electrons. The van der Waals surface area contributed by atoms with Gasteiger partial charge in [-0.25, -0.2) is 0 Å². The van der Waals surface area contributed by atoms with E-state index >= 15 is 0 Å². The lowest BCUT2D eigenvalue weighted by atomic mass is 10.0. The van der Waals surface area contributed by atoms with Crippen LogP contribution in [0.5, 0.6) is 11.5 Å². The summed E-state index contributed by atoms with van der Waals surface area (Å²) in [7, 11) is 0. The fourth-order valence-corrected chi connectivity index (χ4v) is 2.25. The smallest absolute Gasteiger partial charge is 0.188 e. The highest BCUT2D eigenvalue weighted by Crippen LogP contribution is 2.31. The molecule has 6 heteroatoms. The van der Waals surface area contributed by atoms with Gasteiger partial charge in [-0.3, -0.25) is 0 Å². The molecular weight excluding hydrogens is 345 g/mol. The van der Waals surface area contributed by atoms with Gasteiger partial charge in [0.1, 0.15) is 24.7 Å². The van der Waals surface area contributed by atoms with Crippen molar-refractivity contribution in [1.29, 1.82) is 0 Å². The van der Waals surface area contributed by atoms with E-state index in [4.69, 9.17) is 25.9 Å². The van der Waals surface area contributed by atoms with Gasteiger partial charge in [0.2, 0.25) is 0 Å². The average molecular weight is 372 g/mol. The highest BCUT2D eigenvalue weighted by molar-refractivity contribution is 6.28. The summed E-state index contributed by atoms with van der Waals surface area (Å²) >= 11 is 5.17. The Morgan fingerprint density at radius 3 is 2.28 bits per heavy atom. The normalized spacial score (nSPS) is 11.2. The van der Waals surface area contributed by atoms with E-state index in [1.165, 1.54) is 6.08 Å². The Hall–Kier alpha value is -1.75. The molecule has 0 aliphatic heterocycles. The molecule has 0 aromatic heterocycles.